The van der Waals surface area contributed by atoms with Gasteiger partial charge in [-0.3, -0.25) is 19.9 Å². The first-order valence-electron chi connectivity index (χ1n) is 9.31. The van der Waals surface area contributed by atoms with E-state index < -0.39 is 5.91 Å². The number of nitrogens with zero attached hydrogens (tertiary/aromatic N) is 5. The number of nitrogens with one attached hydrogen (secondary N) is 1. The van der Waals surface area contributed by atoms with E-state index >= 15 is 0 Å². The number of piperidine rings is 1. The predicted molar refractivity (Wildman–Crippen MR) is 107 cm³/mol. The average Bonchev–Trinajstić information content (AvgIpc) is 3.11. The number of hydrogen-bond acceptors (Lipinski definition) is 7. The molecule has 2 aliphatic rings. The third-order valence-corrected chi connectivity index (χ3v) is 5.74. The van der Waals surface area contributed by atoms with E-state index in [1.165, 1.54) is 18.8 Å². The molecular weight excluding hydrogens is 380 g/mol. The maximum absolute atomic E-state index is 11.4. The average molecular weight is 405 g/mol. The Morgan fingerprint density at radius 1 is 1.11 bits per heavy atom. The lowest BCUT2D eigenvalue weighted by atomic mass is 9.78. The topological polar surface area (TPSA) is 94.5 Å². The standard InChI is InChI=1S/C19H24N6O2.ClH/c26-17(23-27)15-11-21-18(22-12-15)25-9-5-19(6-10-25)4-8-24(14-19)13-16-3-1-2-7-20-16;/h1-3,7,11-12,27H,4-6,8-10,13-14H2,(H,23,26);1H. The second-order valence-electron chi connectivity index (χ2n) is 7.48. The molecule has 2 aliphatic heterocycles. The van der Waals surface area contributed by atoms with Crippen molar-refractivity contribution in [2.45, 2.75) is 25.8 Å². The van der Waals surface area contributed by atoms with Gasteiger partial charge in [0.2, 0.25) is 5.95 Å². The van der Waals surface area contributed by atoms with Crippen molar-refractivity contribution in [2.75, 3.05) is 31.1 Å². The minimum atomic E-state index is -0.599. The molecule has 2 fully saturated rings. The van der Waals surface area contributed by atoms with Crippen LogP contribution in [-0.2, 0) is 6.54 Å². The largest absolute Gasteiger partial charge is 0.341 e. The first-order valence-corrected chi connectivity index (χ1v) is 9.31. The molecule has 1 spiro atoms. The van der Waals surface area contributed by atoms with Gasteiger partial charge < -0.3 is 4.90 Å². The summed E-state index contributed by atoms with van der Waals surface area (Å²) in [6.45, 7) is 5.00. The third kappa shape index (κ3) is 4.40. The van der Waals surface area contributed by atoms with Gasteiger partial charge in [-0.1, -0.05) is 6.07 Å². The summed E-state index contributed by atoms with van der Waals surface area (Å²) in [6.07, 6.45) is 8.21. The minimum Gasteiger partial charge on any atom is -0.341 e. The molecule has 28 heavy (non-hydrogen) atoms. The maximum atomic E-state index is 11.4. The SMILES string of the molecule is Cl.O=C(NO)c1cnc(N2CCC3(CCN(Cc4ccccn4)C3)CC2)nc1. The smallest absolute Gasteiger partial charge is 0.277 e. The highest BCUT2D eigenvalue weighted by Crippen LogP contribution is 2.41. The summed E-state index contributed by atoms with van der Waals surface area (Å²) in [5.74, 6) is 0.0424. The molecule has 2 aromatic heterocycles. The highest BCUT2D eigenvalue weighted by atomic mass is 35.5. The number of rotatable bonds is 4. The molecule has 150 valence electrons. The molecule has 0 aromatic carbocycles. The fourth-order valence-corrected chi connectivity index (χ4v) is 4.14. The van der Waals surface area contributed by atoms with Gasteiger partial charge in [0.1, 0.15) is 0 Å². The number of carbonyl (C=O) groups excluding carboxylic acids is 1. The first-order chi connectivity index (χ1) is 13.2. The molecule has 1 amide bonds. The zero-order valence-corrected chi connectivity index (χ0v) is 16.4. The summed E-state index contributed by atoms with van der Waals surface area (Å²) < 4.78 is 0. The lowest BCUT2D eigenvalue weighted by Gasteiger charge is -2.39. The van der Waals surface area contributed by atoms with Crippen LogP contribution < -0.4 is 10.4 Å². The van der Waals surface area contributed by atoms with Crippen molar-refractivity contribution in [3.05, 3.63) is 48.0 Å². The van der Waals surface area contributed by atoms with Crippen LogP contribution in [0.5, 0.6) is 0 Å². The summed E-state index contributed by atoms with van der Waals surface area (Å²) >= 11 is 0. The number of anilines is 1. The van der Waals surface area contributed by atoms with E-state index in [1.807, 2.05) is 18.3 Å². The number of aromatic nitrogens is 3. The van der Waals surface area contributed by atoms with Crippen molar-refractivity contribution in [3.63, 3.8) is 0 Å². The number of halogens is 1. The molecule has 0 saturated carbocycles. The molecule has 4 rings (SSSR count). The van der Waals surface area contributed by atoms with Crippen molar-refractivity contribution < 1.29 is 10.0 Å². The molecule has 4 heterocycles. The summed E-state index contributed by atoms with van der Waals surface area (Å²) in [5, 5.41) is 8.67. The van der Waals surface area contributed by atoms with Gasteiger partial charge in [0.25, 0.3) is 5.91 Å². The van der Waals surface area contributed by atoms with Crippen LogP contribution in [0.3, 0.4) is 0 Å². The number of pyridine rings is 1. The highest BCUT2D eigenvalue weighted by Gasteiger charge is 2.40. The minimum absolute atomic E-state index is 0. The number of carbonyl (C=O) groups is 1. The van der Waals surface area contributed by atoms with E-state index in [4.69, 9.17) is 5.21 Å². The first kappa shape index (κ1) is 20.4. The van der Waals surface area contributed by atoms with Crippen molar-refractivity contribution in [2.24, 2.45) is 5.41 Å². The lowest BCUT2D eigenvalue weighted by molar-refractivity contribution is 0.0705. The monoisotopic (exact) mass is 404 g/mol. The van der Waals surface area contributed by atoms with Crippen LogP contribution in [0.2, 0.25) is 0 Å². The lowest BCUT2D eigenvalue weighted by Crippen LogP contribution is -2.42. The molecule has 2 aromatic rings. The van der Waals surface area contributed by atoms with E-state index in [9.17, 15) is 4.79 Å². The summed E-state index contributed by atoms with van der Waals surface area (Å²) in [4.78, 5) is 29.1. The quantitative estimate of drug-likeness (QED) is 0.593. The van der Waals surface area contributed by atoms with Crippen LogP contribution in [0.25, 0.3) is 0 Å². The van der Waals surface area contributed by atoms with Crippen LogP contribution in [0.1, 0.15) is 35.3 Å². The summed E-state index contributed by atoms with van der Waals surface area (Å²) in [5.41, 5.74) is 3.35. The van der Waals surface area contributed by atoms with Crippen molar-refractivity contribution >= 4 is 24.3 Å². The van der Waals surface area contributed by atoms with Gasteiger partial charge in [-0.15, -0.1) is 12.4 Å². The molecule has 0 atom stereocenters. The molecule has 8 nitrogen and oxygen atoms in total. The normalized spacial score (nSPS) is 18.7. The van der Waals surface area contributed by atoms with Gasteiger partial charge in [0.15, 0.2) is 0 Å². The number of hydroxylamine groups is 1. The Morgan fingerprint density at radius 2 is 1.82 bits per heavy atom. The zero-order chi connectivity index (χ0) is 18.7. The van der Waals surface area contributed by atoms with Crippen molar-refractivity contribution in [1.29, 1.82) is 0 Å². The zero-order valence-electron chi connectivity index (χ0n) is 15.6. The van der Waals surface area contributed by atoms with Crippen LogP contribution in [0.4, 0.5) is 5.95 Å². The fourth-order valence-electron chi connectivity index (χ4n) is 4.14. The van der Waals surface area contributed by atoms with E-state index in [1.54, 1.807) is 5.48 Å². The highest BCUT2D eigenvalue weighted by molar-refractivity contribution is 5.92. The van der Waals surface area contributed by atoms with Crippen LogP contribution in [-0.4, -0.2) is 57.1 Å². The molecule has 0 radical (unpaired) electrons. The van der Waals surface area contributed by atoms with Gasteiger partial charge in [-0.25, -0.2) is 15.4 Å². The Balaban J connectivity index is 0.00000225. The Labute approximate surface area is 170 Å². The molecule has 0 bridgehead atoms. The van der Waals surface area contributed by atoms with Crippen LogP contribution in [0.15, 0.2) is 36.8 Å². The van der Waals surface area contributed by atoms with Crippen molar-refractivity contribution in [1.82, 2.24) is 25.3 Å². The van der Waals surface area contributed by atoms with Crippen LogP contribution in [0, 0.1) is 5.41 Å². The second-order valence-corrected chi connectivity index (χ2v) is 7.48. The fraction of sp³-hybridized carbons (Fsp3) is 0.474. The molecule has 0 unspecified atom stereocenters. The van der Waals surface area contributed by atoms with Gasteiger partial charge in [-0.2, -0.15) is 0 Å². The Kier molecular flexibility index (Phi) is 6.43. The Morgan fingerprint density at radius 3 is 2.46 bits per heavy atom. The Hall–Kier alpha value is -2.29. The predicted octanol–water partition coefficient (Wildman–Crippen LogP) is 1.90. The maximum Gasteiger partial charge on any atom is 0.277 e. The number of hydrogen-bond donors (Lipinski definition) is 2. The molecular formula is C19H25ClN6O2. The summed E-state index contributed by atoms with van der Waals surface area (Å²) in [6, 6.07) is 6.09. The van der Waals surface area contributed by atoms with Gasteiger partial charge in [0, 0.05) is 44.8 Å². The number of likely N-dealkylation sites (tertiary alicyclic amines) is 1. The second kappa shape index (κ2) is 8.81. The molecule has 2 saturated heterocycles. The number of amides is 1. The van der Waals surface area contributed by atoms with Gasteiger partial charge in [0.05, 0.1) is 11.3 Å². The van der Waals surface area contributed by atoms with E-state index in [0.29, 0.717) is 11.4 Å². The third-order valence-electron chi connectivity index (χ3n) is 5.74. The molecule has 2 N–H and O–H groups in total. The Bertz CT molecular complexity index is 781. The van der Waals surface area contributed by atoms with Crippen LogP contribution >= 0.6 is 12.4 Å². The van der Waals surface area contributed by atoms with E-state index in [-0.39, 0.29) is 18.0 Å². The summed E-state index contributed by atoms with van der Waals surface area (Å²) in [7, 11) is 0. The molecule has 0 aliphatic carbocycles. The van der Waals surface area contributed by atoms with Gasteiger partial charge >= 0.3 is 0 Å². The van der Waals surface area contributed by atoms with Crippen molar-refractivity contribution in [3.8, 4) is 0 Å². The van der Waals surface area contributed by atoms with Gasteiger partial charge in [-0.05, 0) is 43.4 Å². The molecule has 9 heteroatoms. The van der Waals surface area contributed by atoms with E-state index in [2.05, 4.69) is 30.8 Å². The van der Waals surface area contributed by atoms with E-state index in [0.717, 1.165) is 51.3 Å².